The Hall–Kier alpha value is -2.90. The summed E-state index contributed by atoms with van der Waals surface area (Å²) in [5.74, 6) is 0. The van der Waals surface area contributed by atoms with Crippen LogP contribution < -0.4 is 0 Å². The predicted octanol–water partition coefficient (Wildman–Crippen LogP) is 8.69. The van der Waals surface area contributed by atoms with Crippen LogP contribution in [-0.2, 0) is 5.41 Å². The molecular formula is C28H24S. The van der Waals surface area contributed by atoms with Gasteiger partial charge in [-0.3, -0.25) is 0 Å². The van der Waals surface area contributed by atoms with Crippen LogP contribution in [0.3, 0.4) is 0 Å². The van der Waals surface area contributed by atoms with Crippen molar-refractivity contribution < 1.29 is 0 Å². The van der Waals surface area contributed by atoms with Crippen LogP contribution in [0.1, 0.15) is 26.3 Å². The average Bonchev–Trinajstić information content (AvgIpc) is 3.12. The van der Waals surface area contributed by atoms with E-state index in [-0.39, 0.29) is 5.41 Å². The van der Waals surface area contributed by atoms with Gasteiger partial charge in [-0.15, -0.1) is 11.3 Å². The van der Waals surface area contributed by atoms with Crippen LogP contribution in [0.25, 0.3) is 42.4 Å². The highest BCUT2D eigenvalue weighted by Crippen LogP contribution is 2.43. The summed E-state index contributed by atoms with van der Waals surface area (Å²) in [4.78, 5) is 0. The largest absolute Gasteiger partial charge is 0.135 e. The minimum atomic E-state index is 0.137. The number of fused-ring (bicyclic) bond motifs is 3. The van der Waals surface area contributed by atoms with Crippen molar-refractivity contribution in [3.05, 3.63) is 96.6 Å². The maximum Gasteiger partial charge on any atom is 0.0392 e. The molecule has 0 spiro atoms. The second-order valence-corrected chi connectivity index (χ2v) is 9.71. The molecule has 0 nitrogen and oxygen atoms in total. The molecule has 0 atom stereocenters. The van der Waals surface area contributed by atoms with Crippen LogP contribution in [0.5, 0.6) is 0 Å². The molecule has 0 fully saturated rings. The van der Waals surface area contributed by atoms with E-state index in [1.807, 2.05) is 11.3 Å². The van der Waals surface area contributed by atoms with Crippen molar-refractivity contribution in [2.75, 3.05) is 0 Å². The predicted molar refractivity (Wildman–Crippen MR) is 129 cm³/mol. The zero-order valence-electron chi connectivity index (χ0n) is 17.1. The highest BCUT2D eigenvalue weighted by molar-refractivity contribution is 7.26. The van der Waals surface area contributed by atoms with Gasteiger partial charge >= 0.3 is 0 Å². The van der Waals surface area contributed by atoms with Gasteiger partial charge in [0.2, 0.25) is 0 Å². The fourth-order valence-electron chi connectivity index (χ4n) is 4.15. The Balaban J connectivity index is 1.70. The van der Waals surface area contributed by atoms with E-state index >= 15 is 0 Å². The molecule has 5 rings (SSSR count). The Morgan fingerprint density at radius 1 is 0.586 bits per heavy atom. The molecule has 1 aromatic heterocycles. The fraction of sp³-hybridized carbons (Fsp3) is 0.143. The van der Waals surface area contributed by atoms with E-state index in [0.717, 1.165) is 0 Å². The maximum atomic E-state index is 2.30. The first-order valence-corrected chi connectivity index (χ1v) is 10.9. The van der Waals surface area contributed by atoms with Crippen LogP contribution in [0.4, 0.5) is 0 Å². The van der Waals surface area contributed by atoms with Crippen molar-refractivity contribution >= 4 is 31.5 Å². The Morgan fingerprint density at radius 2 is 1.24 bits per heavy atom. The molecule has 0 amide bonds. The zero-order chi connectivity index (χ0) is 20.0. The average molecular weight is 393 g/mol. The SMILES string of the molecule is CC(C)(C)c1cccc2c1sc1cccc(-c3ccc(-c4ccccc4)cc3)c12. The quantitative estimate of drug-likeness (QED) is 0.282. The van der Waals surface area contributed by atoms with Gasteiger partial charge in [0.1, 0.15) is 0 Å². The van der Waals surface area contributed by atoms with Crippen LogP contribution in [0, 0.1) is 0 Å². The van der Waals surface area contributed by atoms with Crippen molar-refractivity contribution in [1.29, 1.82) is 0 Å². The Kier molecular flexibility index (Phi) is 4.29. The molecule has 5 aromatic rings. The number of benzene rings is 4. The first-order valence-electron chi connectivity index (χ1n) is 10.1. The number of thiophene rings is 1. The minimum absolute atomic E-state index is 0.137. The van der Waals surface area contributed by atoms with Gasteiger partial charge in [0.15, 0.2) is 0 Å². The van der Waals surface area contributed by atoms with Gasteiger partial charge in [-0.05, 0) is 39.3 Å². The molecule has 4 aromatic carbocycles. The summed E-state index contributed by atoms with van der Waals surface area (Å²) in [7, 11) is 0. The molecule has 0 saturated carbocycles. The molecule has 142 valence electrons. The van der Waals surface area contributed by atoms with Gasteiger partial charge in [-0.2, -0.15) is 0 Å². The lowest BCUT2D eigenvalue weighted by atomic mass is 9.86. The molecule has 0 bridgehead atoms. The molecular weight excluding hydrogens is 368 g/mol. The molecule has 0 N–H and O–H groups in total. The number of hydrogen-bond acceptors (Lipinski definition) is 1. The highest BCUT2D eigenvalue weighted by atomic mass is 32.1. The first-order chi connectivity index (χ1) is 14.0. The summed E-state index contributed by atoms with van der Waals surface area (Å²) in [6.07, 6.45) is 0. The summed E-state index contributed by atoms with van der Waals surface area (Å²) in [5.41, 5.74) is 6.68. The second-order valence-electron chi connectivity index (χ2n) is 8.66. The topological polar surface area (TPSA) is 0 Å². The summed E-state index contributed by atoms with van der Waals surface area (Å²) in [6, 6.07) is 33.0. The molecule has 29 heavy (non-hydrogen) atoms. The third-order valence-electron chi connectivity index (χ3n) is 5.63. The van der Waals surface area contributed by atoms with Gasteiger partial charge in [-0.1, -0.05) is 106 Å². The van der Waals surface area contributed by atoms with Crippen molar-refractivity contribution in [2.45, 2.75) is 26.2 Å². The summed E-state index contributed by atoms with van der Waals surface area (Å²) < 4.78 is 2.78. The van der Waals surface area contributed by atoms with Crippen molar-refractivity contribution in [2.24, 2.45) is 0 Å². The molecule has 1 heteroatoms. The molecule has 0 saturated heterocycles. The maximum absolute atomic E-state index is 2.30. The fourth-order valence-corrected chi connectivity index (χ4v) is 5.60. The van der Waals surface area contributed by atoms with E-state index in [4.69, 9.17) is 0 Å². The molecule has 1 heterocycles. The van der Waals surface area contributed by atoms with Gasteiger partial charge in [0.05, 0.1) is 0 Å². The summed E-state index contributed by atoms with van der Waals surface area (Å²) in [6.45, 7) is 6.90. The van der Waals surface area contributed by atoms with Crippen molar-refractivity contribution in [3.8, 4) is 22.3 Å². The van der Waals surface area contributed by atoms with Crippen molar-refractivity contribution in [1.82, 2.24) is 0 Å². The third kappa shape index (κ3) is 3.16. The highest BCUT2D eigenvalue weighted by Gasteiger charge is 2.20. The van der Waals surface area contributed by atoms with E-state index in [1.54, 1.807) is 0 Å². The van der Waals surface area contributed by atoms with Gasteiger partial charge in [0, 0.05) is 20.2 Å². The molecule has 0 aliphatic rings. The normalized spacial score (nSPS) is 12.0. The molecule has 0 unspecified atom stereocenters. The van der Waals surface area contributed by atoms with E-state index in [2.05, 4.69) is 112 Å². The second kappa shape index (κ2) is 6.86. The first kappa shape index (κ1) is 18.1. The van der Waals surface area contributed by atoms with E-state index in [1.165, 1.54) is 48.0 Å². The Labute approximate surface area is 176 Å². The van der Waals surface area contributed by atoms with Gasteiger partial charge in [0.25, 0.3) is 0 Å². The van der Waals surface area contributed by atoms with Crippen LogP contribution >= 0.6 is 11.3 Å². The van der Waals surface area contributed by atoms with Crippen LogP contribution in [0.2, 0.25) is 0 Å². The van der Waals surface area contributed by atoms with Crippen LogP contribution in [0.15, 0.2) is 91.0 Å². The third-order valence-corrected chi connectivity index (χ3v) is 6.84. The van der Waals surface area contributed by atoms with E-state index in [0.29, 0.717) is 0 Å². The van der Waals surface area contributed by atoms with E-state index in [9.17, 15) is 0 Å². The molecule has 0 radical (unpaired) electrons. The van der Waals surface area contributed by atoms with Crippen LogP contribution in [-0.4, -0.2) is 0 Å². The van der Waals surface area contributed by atoms with Gasteiger partial charge in [-0.25, -0.2) is 0 Å². The van der Waals surface area contributed by atoms with E-state index < -0.39 is 0 Å². The lowest BCUT2D eigenvalue weighted by molar-refractivity contribution is 0.597. The minimum Gasteiger partial charge on any atom is -0.135 e. The summed E-state index contributed by atoms with van der Waals surface area (Å²) in [5, 5.41) is 2.76. The van der Waals surface area contributed by atoms with Gasteiger partial charge < -0.3 is 0 Å². The smallest absolute Gasteiger partial charge is 0.0392 e. The monoisotopic (exact) mass is 392 g/mol. The standard InChI is InChI=1S/C28H24S/c1-28(2,3)24-13-7-12-23-26-22(11-8-14-25(26)29-27(23)24)21-17-15-20(16-18-21)19-9-5-4-6-10-19/h4-18H,1-3H3. The van der Waals surface area contributed by atoms with Crippen molar-refractivity contribution in [3.63, 3.8) is 0 Å². The number of rotatable bonds is 2. The number of hydrogen-bond donors (Lipinski definition) is 0. The summed E-state index contributed by atoms with van der Waals surface area (Å²) >= 11 is 1.92. The lowest BCUT2D eigenvalue weighted by Gasteiger charge is -2.19. The zero-order valence-corrected chi connectivity index (χ0v) is 17.9. The molecule has 0 aliphatic heterocycles. The Morgan fingerprint density at radius 3 is 1.97 bits per heavy atom. The lowest BCUT2D eigenvalue weighted by Crippen LogP contribution is -2.10. The molecule has 0 aliphatic carbocycles. The Bertz CT molecular complexity index is 1300.